The molecular formula is C16H22N4O. The molecule has 1 aromatic carbocycles. The Hall–Kier alpha value is -2.04. The van der Waals surface area contributed by atoms with E-state index in [1.807, 2.05) is 12.1 Å². The molecule has 1 heterocycles. The molecular weight excluding hydrogens is 264 g/mol. The van der Waals surface area contributed by atoms with E-state index < -0.39 is 0 Å². The zero-order chi connectivity index (χ0) is 14.8. The highest BCUT2D eigenvalue weighted by atomic mass is 16.1. The molecule has 0 amide bonds. The second-order valence-electron chi connectivity index (χ2n) is 5.75. The largest absolute Gasteiger partial charge is 0.397 e. The van der Waals surface area contributed by atoms with Crippen molar-refractivity contribution in [2.24, 2.45) is 0 Å². The van der Waals surface area contributed by atoms with Crippen LogP contribution in [0.2, 0.25) is 0 Å². The number of aromatic nitrogens is 2. The Morgan fingerprint density at radius 3 is 2.81 bits per heavy atom. The maximum atomic E-state index is 11.3. The van der Waals surface area contributed by atoms with Crippen LogP contribution in [0.1, 0.15) is 39.0 Å². The summed E-state index contributed by atoms with van der Waals surface area (Å²) in [5.41, 5.74) is 9.26. The quantitative estimate of drug-likeness (QED) is 0.851. The third-order valence-corrected chi connectivity index (χ3v) is 4.39. The molecule has 5 nitrogen and oxygen atoms in total. The van der Waals surface area contributed by atoms with E-state index in [4.69, 9.17) is 5.73 Å². The maximum absolute atomic E-state index is 11.3. The monoisotopic (exact) mass is 286 g/mol. The Labute approximate surface area is 124 Å². The lowest BCUT2D eigenvalue weighted by Crippen LogP contribution is -2.37. The number of aromatic amines is 1. The van der Waals surface area contributed by atoms with Gasteiger partial charge in [-0.3, -0.25) is 4.79 Å². The first-order valence-corrected chi connectivity index (χ1v) is 7.74. The van der Waals surface area contributed by atoms with Crippen LogP contribution in [0.3, 0.4) is 0 Å². The molecule has 1 saturated carbocycles. The van der Waals surface area contributed by atoms with E-state index in [0.717, 1.165) is 17.7 Å². The molecule has 1 aliphatic rings. The van der Waals surface area contributed by atoms with Crippen molar-refractivity contribution in [2.45, 2.75) is 45.1 Å². The van der Waals surface area contributed by atoms with Crippen LogP contribution in [0.25, 0.3) is 11.0 Å². The summed E-state index contributed by atoms with van der Waals surface area (Å²) in [6, 6.07) is 4.38. The Kier molecular flexibility index (Phi) is 3.82. The molecule has 1 aromatic heterocycles. The van der Waals surface area contributed by atoms with Crippen LogP contribution >= 0.6 is 0 Å². The lowest BCUT2D eigenvalue weighted by atomic mass is 9.93. The fourth-order valence-corrected chi connectivity index (χ4v) is 3.36. The van der Waals surface area contributed by atoms with E-state index in [0.29, 0.717) is 17.2 Å². The van der Waals surface area contributed by atoms with E-state index in [1.165, 1.54) is 38.3 Å². The number of nitrogens with zero attached hydrogens (tertiary/aromatic N) is 2. The number of rotatable bonds is 3. The molecule has 3 rings (SSSR count). The summed E-state index contributed by atoms with van der Waals surface area (Å²) in [6.07, 6.45) is 7.69. The van der Waals surface area contributed by atoms with Crippen LogP contribution in [0.5, 0.6) is 0 Å². The average molecular weight is 286 g/mol. The van der Waals surface area contributed by atoms with Gasteiger partial charge in [-0.15, -0.1) is 0 Å². The van der Waals surface area contributed by atoms with E-state index in [9.17, 15) is 4.79 Å². The molecule has 0 atom stereocenters. The highest BCUT2D eigenvalue weighted by Crippen LogP contribution is 2.32. The summed E-state index contributed by atoms with van der Waals surface area (Å²) >= 11 is 0. The minimum Gasteiger partial charge on any atom is -0.397 e. The summed E-state index contributed by atoms with van der Waals surface area (Å²) in [4.78, 5) is 20.7. The first kappa shape index (κ1) is 13.9. The number of nitrogens with two attached hydrogens (primary N) is 1. The molecule has 1 aliphatic carbocycles. The fraction of sp³-hybridized carbons (Fsp3) is 0.500. The van der Waals surface area contributed by atoms with E-state index in [2.05, 4.69) is 21.8 Å². The van der Waals surface area contributed by atoms with Crippen LogP contribution in [0.15, 0.2) is 23.1 Å². The molecule has 5 heteroatoms. The summed E-state index contributed by atoms with van der Waals surface area (Å²) in [7, 11) is 0. The van der Waals surface area contributed by atoms with Crippen molar-refractivity contribution in [3.63, 3.8) is 0 Å². The zero-order valence-corrected chi connectivity index (χ0v) is 12.4. The predicted molar refractivity (Wildman–Crippen MR) is 86.7 cm³/mol. The molecule has 3 N–H and O–H groups in total. The van der Waals surface area contributed by atoms with Gasteiger partial charge < -0.3 is 15.6 Å². The Bertz CT molecular complexity index is 688. The zero-order valence-electron chi connectivity index (χ0n) is 12.4. The van der Waals surface area contributed by atoms with Gasteiger partial charge in [-0.25, -0.2) is 4.98 Å². The van der Waals surface area contributed by atoms with Gasteiger partial charge in [0, 0.05) is 12.6 Å². The molecule has 21 heavy (non-hydrogen) atoms. The van der Waals surface area contributed by atoms with Crippen molar-refractivity contribution in [3.8, 4) is 0 Å². The van der Waals surface area contributed by atoms with Crippen LogP contribution < -0.4 is 16.2 Å². The highest BCUT2D eigenvalue weighted by molar-refractivity contribution is 5.86. The second kappa shape index (κ2) is 5.76. The number of anilines is 2. The van der Waals surface area contributed by atoms with Gasteiger partial charge in [-0.05, 0) is 31.9 Å². The fourth-order valence-electron chi connectivity index (χ4n) is 3.36. The van der Waals surface area contributed by atoms with Gasteiger partial charge in [0.15, 0.2) is 0 Å². The first-order valence-electron chi connectivity index (χ1n) is 7.74. The molecule has 0 spiro atoms. The van der Waals surface area contributed by atoms with Crippen molar-refractivity contribution in [1.29, 1.82) is 0 Å². The molecule has 0 unspecified atom stereocenters. The second-order valence-corrected chi connectivity index (χ2v) is 5.75. The smallest absolute Gasteiger partial charge is 0.266 e. The number of hydrogen-bond donors (Lipinski definition) is 2. The van der Waals surface area contributed by atoms with E-state index in [1.54, 1.807) is 0 Å². The summed E-state index contributed by atoms with van der Waals surface area (Å²) in [5.74, 6) is 0. The van der Waals surface area contributed by atoms with Gasteiger partial charge in [0.1, 0.15) is 0 Å². The number of nitrogens with one attached hydrogen (secondary N) is 1. The van der Waals surface area contributed by atoms with Crippen LogP contribution in [0.4, 0.5) is 11.4 Å². The predicted octanol–water partition coefficient (Wildman–Crippen LogP) is 2.66. The van der Waals surface area contributed by atoms with Crippen molar-refractivity contribution >= 4 is 22.4 Å². The van der Waals surface area contributed by atoms with Crippen molar-refractivity contribution in [1.82, 2.24) is 9.97 Å². The average Bonchev–Trinajstić information content (AvgIpc) is 2.50. The maximum Gasteiger partial charge on any atom is 0.266 e. The molecule has 0 radical (unpaired) electrons. The molecule has 2 aromatic rings. The number of hydrogen-bond acceptors (Lipinski definition) is 4. The minimum absolute atomic E-state index is 0.200. The van der Waals surface area contributed by atoms with Gasteiger partial charge >= 0.3 is 0 Å². The molecule has 1 fully saturated rings. The highest BCUT2D eigenvalue weighted by Gasteiger charge is 2.22. The number of fused-ring (bicyclic) bond motifs is 1. The van der Waals surface area contributed by atoms with Crippen molar-refractivity contribution in [3.05, 3.63) is 28.7 Å². The number of H-pyrrole nitrogens is 1. The van der Waals surface area contributed by atoms with Gasteiger partial charge in [0.25, 0.3) is 5.56 Å². The SMILES string of the molecule is CCN(c1cc2ncc(=O)[nH]c2cc1N)C1CCCCC1. The van der Waals surface area contributed by atoms with Crippen molar-refractivity contribution in [2.75, 3.05) is 17.2 Å². The molecule has 112 valence electrons. The third kappa shape index (κ3) is 2.73. The summed E-state index contributed by atoms with van der Waals surface area (Å²) in [6.45, 7) is 3.10. The van der Waals surface area contributed by atoms with E-state index >= 15 is 0 Å². The molecule has 0 bridgehead atoms. The summed E-state index contributed by atoms with van der Waals surface area (Å²) in [5, 5.41) is 0. The lowest BCUT2D eigenvalue weighted by Gasteiger charge is -2.36. The van der Waals surface area contributed by atoms with Crippen LogP contribution in [-0.2, 0) is 0 Å². The Morgan fingerprint density at radius 2 is 2.10 bits per heavy atom. The Balaban J connectivity index is 2.02. The van der Waals surface area contributed by atoms with Gasteiger partial charge in [-0.2, -0.15) is 0 Å². The van der Waals surface area contributed by atoms with Gasteiger partial charge in [0.05, 0.1) is 28.6 Å². The molecule has 0 saturated heterocycles. The molecule has 0 aliphatic heterocycles. The third-order valence-electron chi connectivity index (χ3n) is 4.39. The minimum atomic E-state index is -0.200. The van der Waals surface area contributed by atoms with Crippen molar-refractivity contribution < 1.29 is 0 Å². The first-order chi connectivity index (χ1) is 10.2. The Morgan fingerprint density at radius 1 is 1.33 bits per heavy atom. The topological polar surface area (TPSA) is 75.0 Å². The standard InChI is InChI=1S/C16H22N4O/c1-2-20(11-6-4-3-5-7-11)15-9-13-14(8-12(15)17)19-16(21)10-18-13/h8-11H,2-7,17H2,1H3,(H,19,21). The van der Waals surface area contributed by atoms with Gasteiger partial charge in [-0.1, -0.05) is 19.3 Å². The number of nitrogen functional groups attached to an aromatic ring is 1. The normalized spacial score (nSPS) is 16.2. The number of benzene rings is 1. The van der Waals surface area contributed by atoms with E-state index in [-0.39, 0.29) is 5.56 Å². The van der Waals surface area contributed by atoms with Crippen LogP contribution in [0, 0.1) is 0 Å². The summed E-state index contributed by atoms with van der Waals surface area (Å²) < 4.78 is 0. The van der Waals surface area contributed by atoms with Gasteiger partial charge in [0.2, 0.25) is 0 Å². The van der Waals surface area contributed by atoms with Crippen LogP contribution in [-0.4, -0.2) is 22.6 Å². The lowest BCUT2D eigenvalue weighted by molar-refractivity contribution is 0.418.